The predicted molar refractivity (Wildman–Crippen MR) is 105 cm³/mol. The molecule has 0 unspecified atom stereocenters. The quantitative estimate of drug-likeness (QED) is 0.551. The molecule has 0 amide bonds. The molecule has 11 heteroatoms. The summed E-state index contributed by atoms with van der Waals surface area (Å²) in [6, 6.07) is 9.00. The van der Waals surface area contributed by atoms with Gasteiger partial charge in [-0.05, 0) is 31.0 Å². The first-order valence-corrected chi connectivity index (χ1v) is 9.57. The Hall–Kier alpha value is -2.85. The predicted octanol–water partition coefficient (Wildman–Crippen LogP) is 4.46. The minimum Gasteiger partial charge on any atom is -0.490 e. The fourth-order valence-electron chi connectivity index (χ4n) is 2.97. The highest BCUT2D eigenvalue weighted by molar-refractivity contribution is 6.30. The van der Waals surface area contributed by atoms with Gasteiger partial charge < -0.3 is 19.6 Å². The Morgan fingerprint density at radius 3 is 2.65 bits per heavy atom. The maximum atomic E-state index is 13.1. The number of nitrogens with one attached hydrogen (secondary N) is 1. The van der Waals surface area contributed by atoms with Gasteiger partial charge in [0.2, 0.25) is 0 Å². The van der Waals surface area contributed by atoms with E-state index in [2.05, 4.69) is 16.4 Å². The second-order valence-corrected chi connectivity index (χ2v) is 7.27. The number of carboxylic acid groups (broad SMARTS) is 1. The number of rotatable bonds is 5. The number of carboxylic acids is 1. The van der Waals surface area contributed by atoms with Crippen LogP contribution in [0.2, 0.25) is 5.02 Å². The molecule has 0 bridgehead atoms. The van der Waals surface area contributed by atoms with E-state index in [0.29, 0.717) is 11.8 Å². The van der Waals surface area contributed by atoms with Gasteiger partial charge in [0, 0.05) is 42.8 Å². The number of hydrogen-bond donors (Lipinski definition) is 2. The summed E-state index contributed by atoms with van der Waals surface area (Å²) in [5.41, 5.74) is 2.16. The molecule has 0 radical (unpaired) electrons. The first-order chi connectivity index (χ1) is 14.6. The van der Waals surface area contributed by atoms with Crippen LogP contribution in [0.5, 0.6) is 5.75 Å². The smallest absolute Gasteiger partial charge is 0.490 e. The largest absolute Gasteiger partial charge is 0.490 e. The molecule has 4 rings (SSSR count). The lowest BCUT2D eigenvalue weighted by Gasteiger charge is -2.36. The molecule has 1 aliphatic carbocycles. The highest BCUT2D eigenvalue weighted by Crippen LogP contribution is 2.28. The molecule has 3 aromatic rings. The molecule has 1 fully saturated rings. The molecule has 0 atom stereocenters. The van der Waals surface area contributed by atoms with Gasteiger partial charge >= 0.3 is 12.1 Å². The number of pyridine rings is 1. The molecule has 1 saturated carbocycles. The zero-order valence-corrected chi connectivity index (χ0v) is 16.7. The molecule has 2 aromatic heterocycles. The van der Waals surface area contributed by atoms with Gasteiger partial charge in [0.15, 0.2) is 0 Å². The number of hydrogen-bond acceptors (Lipinski definition) is 4. The molecule has 2 N–H and O–H groups in total. The number of imidazole rings is 1. The molecule has 6 nitrogen and oxygen atoms in total. The van der Waals surface area contributed by atoms with Gasteiger partial charge in [0.25, 0.3) is 0 Å². The second-order valence-electron chi connectivity index (χ2n) is 6.86. The van der Waals surface area contributed by atoms with Crippen molar-refractivity contribution < 1.29 is 32.2 Å². The zero-order valence-electron chi connectivity index (χ0n) is 15.9. The number of aromatic nitrogens is 2. The summed E-state index contributed by atoms with van der Waals surface area (Å²) in [4.78, 5) is 13.3. The lowest BCUT2D eigenvalue weighted by atomic mass is 9.89. The maximum absolute atomic E-state index is 13.1. The van der Waals surface area contributed by atoms with Gasteiger partial charge in [0.1, 0.15) is 23.3 Å². The summed E-state index contributed by atoms with van der Waals surface area (Å²) in [6.07, 6.45) is 2.65. The molecule has 2 heterocycles. The van der Waals surface area contributed by atoms with Crippen LogP contribution < -0.4 is 10.1 Å². The molecule has 0 spiro atoms. The van der Waals surface area contributed by atoms with Crippen molar-refractivity contribution in [2.75, 3.05) is 0 Å². The summed E-state index contributed by atoms with van der Waals surface area (Å²) in [5.74, 6) is -2.56. The number of ether oxygens (including phenoxy) is 1. The lowest BCUT2D eigenvalue weighted by molar-refractivity contribution is -0.192. The molecule has 166 valence electrons. The molecule has 1 aliphatic rings. The van der Waals surface area contributed by atoms with Crippen LogP contribution in [0.15, 0.2) is 48.9 Å². The number of benzene rings is 1. The molecule has 1 aromatic carbocycles. The van der Waals surface area contributed by atoms with Crippen LogP contribution in [0.1, 0.15) is 18.4 Å². The third-order valence-electron chi connectivity index (χ3n) is 4.61. The van der Waals surface area contributed by atoms with Crippen molar-refractivity contribution in [2.45, 2.75) is 37.7 Å². The first-order valence-electron chi connectivity index (χ1n) is 9.19. The molecule has 31 heavy (non-hydrogen) atoms. The van der Waals surface area contributed by atoms with Crippen molar-refractivity contribution in [3.63, 3.8) is 0 Å². The molecular weight excluding hydrogens is 442 g/mol. The average Bonchev–Trinajstić information content (AvgIpc) is 3.15. The van der Waals surface area contributed by atoms with E-state index < -0.39 is 18.0 Å². The van der Waals surface area contributed by atoms with Gasteiger partial charge in [-0.15, -0.1) is 0 Å². The standard InChI is InChI=1S/C18H17ClFN3O.C2HF3O2/c19-16-10-14(3-4-17(16)20)24-15-8-13(9-15)22-11-12-2-1-6-23-7-5-21-18(12)23;3-2(4,5)1(6)7/h1-7,10,13,15,22H,8-9,11H2;(H,6,7). The van der Waals surface area contributed by atoms with E-state index in [0.717, 1.165) is 25.0 Å². The van der Waals surface area contributed by atoms with Crippen molar-refractivity contribution in [3.8, 4) is 5.75 Å². The lowest BCUT2D eigenvalue weighted by Crippen LogP contribution is -2.46. The molecule has 0 saturated heterocycles. The zero-order chi connectivity index (χ0) is 22.6. The number of halogens is 5. The minimum absolute atomic E-state index is 0.0919. The number of alkyl halides is 3. The van der Waals surface area contributed by atoms with Gasteiger partial charge in [-0.3, -0.25) is 0 Å². The van der Waals surface area contributed by atoms with Crippen LogP contribution in [0.3, 0.4) is 0 Å². The van der Waals surface area contributed by atoms with Crippen LogP contribution in [0.25, 0.3) is 5.65 Å². The third-order valence-corrected chi connectivity index (χ3v) is 4.90. The van der Waals surface area contributed by atoms with Gasteiger partial charge in [-0.2, -0.15) is 13.2 Å². The minimum atomic E-state index is -5.08. The van der Waals surface area contributed by atoms with E-state index in [1.807, 2.05) is 22.9 Å². The molecule has 0 aliphatic heterocycles. The van der Waals surface area contributed by atoms with Gasteiger partial charge in [0.05, 0.1) is 5.02 Å². The highest BCUT2D eigenvalue weighted by Gasteiger charge is 2.38. The van der Waals surface area contributed by atoms with Gasteiger partial charge in [-0.25, -0.2) is 14.2 Å². The first kappa shape index (κ1) is 22.8. The Morgan fingerprint density at radius 2 is 2.00 bits per heavy atom. The maximum Gasteiger partial charge on any atom is 0.490 e. The van der Waals surface area contributed by atoms with E-state index in [1.54, 1.807) is 12.3 Å². The SMILES string of the molecule is Fc1ccc(OC2CC(NCc3cccn4ccnc34)C2)cc1Cl.O=C(O)C(F)(F)F. The molecular formula is C20H18ClF4N3O3. The third kappa shape index (κ3) is 6.08. The topological polar surface area (TPSA) is 75.9 Å². The van der Waals surface area contributed by atoms with E-state index >= 15 is 0 Å². The van der Waals surface area contributed by atoms with Crippen LogP contribution in [-0.2, 0) is 11.3 Å². The Morgan fingerprint density at radius 1 is 1.29 bits per heavy atom. The Balaban J connectivity index is 0.000000339. The van der Waals surface area contributed by atoms with Crippen molar-refractivity contribution >= 4 is 23.2 Å². The summed E-state index contributed by atoms with van der Waals surface area (Å²) in [6.45, 7) is 0.779. The number of aliphatic carboxylic acids is 1. The monoisotopic (exact) mass is 459 g/mol. The van der Waals surface area contributed by atoms with Crippen LogP contribution in [0, 0.1) is 5.82 Å². The number of nitrogens with zero attached hydrogens (tertiary/aromatic N) is 2. The van der Waals surface area contributed by atoms with E-state index in [9.17, 15) is 17.6 Å². The summed E-state index contributed by atoms with van der Waals surface area (Å²) < 4.78 is 52.7. The Bertz CT molecular complexity index is 1050. The summed E-state index contributed by atoms with van der Waals surface area (Å²) >= 11 is 5.77. The number of fused-ring (bicyclic) bond motifs is 1. The fraction of sp³-hybridized carbons (Fsp3) is 0.300. The van der Waals surface area contributed by atoms with Crippen molar-refractivity contribution in [3.05, 3.63) is 65.3 Å². The highest BCUT2D eigenvalue weighted by atomic mass is 35.5. The Kier molecular flexibility index (Phi) is 7.01. The van der Waals surface area contributed by atoms with E-state index in [4.69, 9.17) is 26.2 Å². The second kappa shape index (κ2) is 9.52. The van der Waals surface area contributed by atoms with E-state index in [-0.39, 0.29) is 11.1 Å². The van der Waals surface area contributed by atoms with Gasteiger partial charge in [-0.1, -0.05) is 17.7 Å². The van der Waals surface area contributed by atoms with Crippen LogP contribution in [0.4, 0.5) is 17.6 Å². The van der Waals surface area contributed by atoms with Crippen LogP contribution >= 0.6 is 11.6 Å². The number of carbonyl (C=O) groups is 1. The summed E-state index contributed by atoms with van der Waals surface area (Å²) in [7, 11) is 0. The van der Waals surface area contributed by atoms with E-state index in [1.165, 1.54) is 17.7 Å². The Labute approximate surface area is 179 Å². The summed E-state index contributed by atoms with van der Waals surface area (Å²) in [5, 5.41) is 10.8. The van der Waals surface area contributed by atoms with Crippen LogP contribution in [-0.4, -0.2) is 38.8 Å². The fourth-order valence-corrected chi connectivity index (χ4v) is 3.14. The van der Waals surface area contributed by atoms with Crippen molar-refractivity contribution in [1.29, 1.82) is 0 Å². The normalized spacial score (nSPS) is 18.1. The average molecular weight is 460 g/mol. The van der Waals surface area contributed by atoms with Crippen molar-refractivity contribution in [2.24, 2.45) is 0 Å². The van der Waals surface area contributed by atoms with Crippen molar-refractivity contribution in [1.82, 2.24) is 14.7 Å².